The highest BCUT2D eigenvalue weighted by Crippen LogP contribution is 2.39. The van der Waals surface area contributed by atoms with E-state index in [9.17, 15) is 4.79 Å². The number of nitrogens with zero attached hydrogens (tertiary/aromatic N) is 1. The SMILES string of the molecule is CC(O[Si-](C)(C)C(C)(C)C)c1cc(C(=O)O)n[nH]1. The molecule has 18 heavy (non-hydrogen) atoms. The molecular formula is C12H22N2O3Si-. The van der Waals surface area contributed by atoms with Crippen LogP contribution in [0.3, 0.4) is 0 Å². The molecule has 2 N–H and O–H groups in total. The van der Waals surface area contributed by atoms with E-state index in [1.54, 1.807) is 0 Å². The second-order valence-corrected chi connectivity index (χ2v) is 10.8. The molecule has 0 aromatic carbocycles. The molecule has 6 heteroatoms. The summed E-state index contributed by atoms with van der Waals surface area (Å²) in [6.07, 6.45) is -0.175. The number of hydrogen-bond donors (Lipinski definition) is 2. The Labute approximate surface area is 109 Å². The number of hydrogen-bond acceptors (Lipinski definition) is 3. The average molecular weight is 270 g/mol. The van der Waals surface area contributed by atoms with E-state index in [1.807, 2.05) is 6.92 Å². The van der Waals surface area contributed by atoms with Crippen molar-refractivity contribution in [1.29, 1.82) is 0 Å². The van der Waals surface area contributed by atoms with E-state index in [2.05, 4.69) is 44.1 Å². The first-order valence-corrected chi connectivity index (χ1v) is 8.92. The molecular weight excluding hydrogens is 248 g/mol. The monoisotopic (exact) mass is 270 g/mol. The standard InChI is InChI=1S/C12H22N2O3Si/c1-8(17-18(5,6)12(2,3)4)9-7-10(11(15)16)14-13-9/h7-8H,1-6H3,(H,13,14)(H,15,16)/q-1. The number of carboxylic acid groups (broad SMARTS) is 1. The van der Waals surface area contributed by atoms with Crippen molar-refractivity contribution in [2.45, 2.75) is 51.9 Å². The number of carboxylic acids is 1. The van der Waals surface area contributed by atoms with Gasteiger partial charge in [-0.15, -0.1) is 18.1 Å². The van der Waals surface area contributed by atoms with Gasteiger partial charge in [-0.2, -0.15) is 5.10 Å². The lowest BCUT2D eigenvalue weighted by Crippen LogP contribution is -2.41. The summed E-state index contributed by atoms with van der Waals surface area (Å²) in [5.74, 6) is -1.03. The van der Waals surface area contributed by atoms with Crippen molar-refractivity contribution in [2.75, 3.05) is 0 Å². The van der Waals surface area contributed by atoms with Gasteiger partial charge in [0.05, 0.1) is 11.8 Å². The molecule has 0 radical (unpaired) electrons. The van der Waals surface area contributed by atoms with E-state index >= 15 is 0 Å². The molecule has 1 unspecified atom stereocenters. The topological polar surface area (TPSA) is 75.2 Å². The van der Waals surface area contributed by atoms with Crippen LogP contribution < -0.4 is 0 Å². The summed E-state index contributed by atoms with van der Waals surface area (Å²) >= 11 is 0. The molecule has 0 aliphatic heterocycles. The van der Waals surface area contributed by atoms with Gasteiger partial charge < -0.3 is 9.53 Å². The molecule has 1 aromatic heterocycles. The first-order chi connectivity index (χ1) is 8.04. The van der Waals surface area contributed by atoms with Gasteiger partial charge in [-0.05, 0) is 21.3 Å². The van der Waals surface area contributed by atoms with Crippen LogP contribution in [0, 0.1) is 0 Å². The predicted molar refractivity (Wildman–Crippen MR) is 72.2 cm³/mol. The molecule has 1 rings (SSSR count). The van der Waals surface area contributed by atoms with Crippen LogP contribution in [-0.2, 0) is 4.43 Å². The minimum absolute atomic E-state index is 0.0238. The van der Waals surface area contributed by atoms with E-state index in [-0.39, 0.29) is 16.8 Å². The zero-order valence-corrected chi connectivity index (χ0v) is 12.9. The van der Waals surface area contributed by atoms with Crippen molar-refractivity contribution in [2.24, 2.45) is 0 Å². The van der Waals surface area contributed by atoms with E-state index < -0.39 is 14.3 Å². The first-order valence-electron chi connectivity index (χ1n) is 6.01. The third kappa shape index (κ3) is 3.20. The molecule has 0 saturated heterocycles. The van der Waals surface area contributed by atoms with Gasteiger partial charge in [0.15, 0.2) is 5.69 Å². The highest BCUT2D eigenvalue weighted by molar-refractivity contribution is 6.74. The lowest BCUT2D eigenvalue weighted by Gasteiger charge is -2.50. The molecule has 0 aliphatic rings. The van der Waals surface area contributed by atoms with Gasteiger partial charge in [0, 0.05) is 0 Å². The number of nitrogens with one attached hydrogen (secondary N) is 1. The fraction of sp³-hybridized carbons (Fsp3) is 0.667. The summed E-state index contributed by atoms with van der Waals surface area (Å²) < 4.78 is 6.16. The zero-order valence-electron chi connectivity index (χ0n) is 11.9. The minimum Gasteiger partial charge on any atom is -0.558 e. The van der Waals surface area contributed by atoms with Gasteiger partial charge in [-0.25, -0.2) is 4.79 Å². The number of H-pyrrole nitrogens is 1. The van der Waals surface area contributed by atoms with Crippen molar-refractivity contribution < 1.29 is 14.3 Å². The van der Waals surface area contributed by atoms with Gasteiger partial charge in [0.2, 0.25) is 0 Å². The Morgan fingerprint density at radius 1 is 1.50 bits per heavy atom. The van der Waals surface area contributed by atoms with E-state index in [4.69, 9.17) is 9.53 Å². The first kappa shape index (κ1) is 14.9. The lowest BCUT2D eigenvalue weighted by molar-refractivity contribution is 0.0690. The van der Waals surface area contributed by atoms with E-state index in [0.29, 0.717) is 5.69 Å². The highest BCUT2D eigenvalue weighted by Gasteiger charge is 2.27. The van der Waals surface area contributed by atoms with Crippen molar-refractivity contribution in [3.8, 4) is 0 Å². The Balaban J connectivity index is 2.82. The largest absolute Gasteiger partial charge is 0.558 e. The average Bonchev–Trinajstić information content (AvgIpc) is 2.63. The van der Waals surface area contributed by atoms with Crippen LogP contribution in [0.5, 0.6) is 0 Å². The fourth-order valence-corrected chi connectivity index (χ4v) is 2.70. The normalized spacial score (nSPS) is 14.6. The molecule has 0 amide bonds. The molecule has 5 nitrogen and oxygen atoms in total. The van der Waals surface area contributed by atoms with Crippen molar-refractivity contribution >= 4 is 14.3 Å². The summed E-state index contributed by atoms with van der Waals surface area (Å²) in [6, 6.07) is 1.53. The molecule has 0 bridgehead atoms. The third-order valence-electron chi connectivity index (χ3n) is 3.53. The molecule has 0 aliphatic carbocycles. The van der Waals surface area contributed by atoms with Gasteiger partial charge in [-0.1, -0.05) is 20.8 Å². The van der Waals surface area contributed by atoms with Crippen molar-refractivity contribution in [1.82, 2.24) is 10.2 Å². The summed E-state index contributed by atoms with van der Waals surface area (Å²) in [5.41, 5.74) is 0.730. The Kier molecular flexibility index (Phi) is 4.02. The van der Waals surface area contributed by atoms with Crippen LogP contribution in [0.25, 0.3) is 0 Å². The third-order valence-corrected chi connectivity index (χ3v) is 8.09. The van der Waals surface area contributed by atoms with Crippen LogP contribution in [-0.4, -0.2) is 29.6 Å². The molecule has 1 aromatic rings. The van der Waals surface area contributed by atoms with Gasteiger partial charge >= 0.3 is 5.97 Å². The maximum absolute atomic E-state index is 10.8. The number of carbonyl (C=O) groups is 1. The minimum atomic E-state index is -1.86. The molecule has 1 heterocycles. The maximum Gasteiger partial charge on any atom is 0.356 e. The van der Waals surface area contributed by atoms with Crippen molar-refractivity contribution in [3.63, 3.8) is 0 Å². The zero-order chi connectivity index (χ0) is 14.1. The van der Waals surface area contributed by atoms with Crippen LogP contribution in [0.2, 0.25) is 18.1 Å². The summed E-state index contributed by atoms with van der Waals surface area (Å²) in [6.45, 7) is 12.8. The Bertz CT molecular complexity index is 435. The van der Waals surface area contributed by atoms with Crippen LogP contribution in [0.15, 0.2) is 6.07 Å². The number of aromatic amines is 1. The molecule has 0 fully saturated rings. The Morgan fingerprint density at radius 2 is 2.06 bits per heavy atom. The lowest BCUT2D eigenvalue weighted by atomic mass is 10.2. The fourth-order valence-electron chi connectivity index (χ4n) is 1.34. The van der Waals surface area contributed by atoms with Gasteiger partial charge in [0.1, 0.15) is 0 Å². The molecule has 1 atom stereocenters. The molecule has 103 valence electrons. The van der Waals surface area contributed by atoms with Crippen LogP contribution >= 0.6 is 0 Å². The molecule has 0 spiro atoms. The summed E-state index contributed by atoms with van der Waals surface area (Å²) in [7, 11) is -1.86. The molecule has 0 saturated carbocycles. The second-order valence-electron chi connectivity index (χ2n) is 6.03. The van der Waals surface area contributed by atoms with Crippen LogP contribution in [0.4, 0.5) is 0 Å². The number of aromatic carboxylic acids is 1. The summed E-state index contributed by atoms with van der Waals surface area (Å²) in [4.78, 5) is 10.8. The van der Waals surface area contributed by atoms with Gasteiger partial charge in [0.25, 0.3) is 0 Å². The highest BCUT2D eigenvalue weighted by atomic mass is 28.4. The van der Waals surface area contributed by atoms with Crippen LogP contribution in [0.1, 0.15) is 50.0 Å². The quantitative estimate of drug-likeness (QED) is 0.824. The van der Waals surface area contributed by atoms with Gasteiger partial charge in [-0.3, -0.25) is 5.10 Å². The smallest absolute Gasteiger partial charge is 0.356 e. The Hall–Kier alpha value is -1.14. The maximum atomic E-state index is 10.8. The van der Waals surface area contributed by atoms with E-state index in [0.717, 1.165) is 0 Å². The predicted octanol–water partition coefficient (Wildman–Crippen LogP) is 3.19. The summed E-state index contributed by atoms with van der Waals surface area (Å²) in [5, 5.41) is 15.4. The Morgan fingerprint density at radius 3 is 2.44 bits per heavy atom. The number of rotatable bonds is 4. The van der Waals surface area contributed by atoms with E-state index in [1.165, 1.54) is 6.07 Å². The van der Waals surface area contributed by atoms with Crippen molar-refractivity contribution in [3.05, 3.63) is 17.5 Å². The second kappa shape index (κ2) is 4.85. The number of aromatic nitrogens is 2.